The number of hydrogen-bond donors (Lipinski definition) is 1. The summed E-state index contributed by atoms with van der Waals surface area (Å²) in [5.74, 6) is 2.15. The Labute approximate surface area is 132 Å². The summed E-state index contributed by atoms with van der Waals surface area (Å²) in [6.45, 7) is 3.28. The second kappa shape index (κ2) is 5.44. The summed E-state index contributed by atoms with van der Waals surface area (Å²) >= 11 is 0. The van der Waals surface area contributed by atoms with E-state index in [4.69, 9.17) is 4.74 Å². The zero-order valence-corrected chi connectivity index (χ0v) is 13.3. The molecular weight excluding hydrogens is 270 g/mol. The van der Waals surface area contributed by atoms with E-state index < -0.39 is 0 Å². The molecule has 1 fully saturated rings. The molecule has 1 N–H and O–H groups in total. The molecule has 0 amide bonds. The average molecular weight is 293 g/mol. The summed E-state index contributed by atoms with van der Waals surface area (Å²) in [5.41, 5.74) is 5.70. The predicted molar refractivity (Wildman–Crippen MR) is 89.5 cm³/mol. The molecule has 1 heterocycles. The molecule has 114 valence electrons. The zero-order valence-electron chi connectivity index (χ0n) is 13.3. The molecule has 2 aromatic carbocycles. The average Bonchev–Trinajstić information content (AvgIpc) is 2.89. The van der Waals surface area contributed by atoms with Crippen LogP contribution in [0.2, 0.25) is 0 Å². The van der Waals surface area contributed by atoms with Gasteiger partial charge in [-0.1, -0.05) is 35.9 Å². The van der Waals surface area contributed by atoms with Crippen LogP contribution in [0, 0.1) is 12.8 Å². The van der Waals surface area contributed by atoms with Gasteiger partial charge in [0, 0.05) is 12.0 Å². The van der Waals surface area contributed by atoms with E-state index in [1.165, 1.54) is 35.1 Å². The highest BCUT2D eigenvalue weighted by Gasteiger charge is 2.42. The van der Waals surface area contributed by atoms with Crippen LogP contribution < -0.4 is 10.1 Å². The fourth-order valence-corrected chi connectivity index (χ4v) is 4.28. The van der Waals surface area contributed by atoms with E-state index in [0.29, 0.717) is 17.9 Å². The summed E-state index contributed by atoms with van der Waals surface area (Å²) in [6, 6.07) is 16.2. The topological polar surface area (TPSA) is 21.3 Å². The van der Waals surface area contributed by atoms with E-state index in [1.807, 2.05) is 0 Å². The maximum absolute atomic E-state index is 5.45. The minimum atomic E-state index is 0.477. The van der Waals surface area contributed by atoms with Crippen LogP contribution in [0.15, 0.2) is 42.5 Å². The monoisotopic (exact) mass is 293 g/mol. The Morgan fingerprint density at radius 3 is 2.64 bits per heavy atom. The van der Waals surface area contributed by atoms with Crippen LogP contribution in [-0.4, -0.2) is 13.7 Å². The number of rotatable bonds is 2. The second-order valence-electron chi connectivity index (χ2n) is 6.62. The van der Waals surface area contributed by atoms with Crippen molar-refractivity contribution in [3.8, 4) is 5.75 Å². The van der Waals surface area contributed by atoms with Gasteiger partial charge < -0.3 is 10.1 Å². The first kappa shape index (κ1) is 13.8. The van der Waals surface area contributed by atoms with Crippen molar-refractivity contribution in [3.63, 3.8) is 0 Å². The maximum atomic E-state index is 5.45. The molecule has 2 heteroatoms. The number of nitrogens with one attached hydrogen (secondary N) is 1. The van der Waals surface area contributed by atoms with Crippen molar-refractivity contribution in [1.29, 1.82) is 0 Å². The number of aryl methyl sites for hydroxylation is 1. The van der Waals surface area contributed by atoms with E-state index in [2.05, 4.69) is 54.7 Å². The van der Waals surface area contributed by atoms with Crippen LogP contribution in [0.3, 0.4) is 0 Å². The molecule has 0 bridgehead atoms. The van der Waals surface area contributed by atoms with Gasteiger partial charge in [0.1, 0.15) is 5.75 Å². The van der Waals surface area contributed by atoms with Gasteiger partial charge in [0.2, 0.25) is 0 Å². The molecule has 1 aliphatic carbocycles. The summed E-state index contributed by atoms with van der Waals surface area (Å²) < 4.78 is 5.45. The third kappa shape index (κ3) is 2.14. The van der Waals surface area contributed by atoms with Crippen LogP contribution in [-0.2, 0) is 0 Å². The summed E-state index contributed by atoms with van der Waals surface area (Å²) in [7, 11) is 1.75. The number of ether oxygens (including phenoxy) is 1. The Morgan fingerprint density at radius 2 is 1.86 bits per heavy atom. The molecule has 2 nitrogen and oxygen atoms in total. The smallest absolute Gasteiger partial charge is 0.119 e. The Kier molecular flexibility index (Phi) is 3.42. The molecule has 0 saturated carbocycles. The molecule has 1 aliphatic heterocycles. The van der Waals surface area contributed by atoms with Crippen LogP contribution in [0.4, 0.5) is 0 Å². The van der Waals surface area contributed by atoms with Gasteiger partial charge in [-0.25, -0.2) is 0 Å². The highest BCUT2D eigenvalue weighted by Crippen LogP contribution is 2.52. The normalized spacial score (nSPS) is 26.4. The molecule has 0 aromatic heterocycles. The van der Waals surface area contributed by atoms with Crippen LogP contribution >= 0.6 is 0 Å². The Hall–Kier alpha value is -1.80. The van der Waals surface area contributed by atoms with Gasteiger partial charge >= 0.3 is 0 Å². The lowest BCUT2D eigenvalue weighted by molar-refractivity contribution is 0.286. The standard InChI is InChI=1S/C20H23NO/c1-13-5-7-14(8-6-13)19-16-10-9-15(22-2)12-18(16)20-17(19)4-3-11-21-20/h5-10,12,17,19-21H,3-4,11H2,1-2H3. The summed E-state index contributed by atoms with van der Waals surface area (Å²) in [4.78, 5) is 0. The van der Waals surface area contributed by atoms with Crippen molar-refractivity contribution in [2.24, 2.45) is 5.92 Å². The first-order valence-electron chi connectivity index (χ1n) is 8.25. The number of methoxy groups -OCH3 is 1. The van der Waals surface area contributed by atoms with Crippen molar-refractivity contribution in [2.45, 2.75) is 31.7 Å². The van der Waals surface area contributed by atoms with Crippen LogP contribution in [0.25, 0.3) is 0 Å². The molecule has 3 atom stereocenters. The molecule has 0 spiro atoms. The number of piperidine rings is 1. The van der Waals surface area contributed by atoms with Crippen LogP contribution in [0.5, 0.6) is 5.75 Å². The van der Waals surface area contributed by atoms with Gasteiger partial charge in [0.25, 0.3) is 0 Å². The number of fused-ring (bicyclic) bond motifs is 3. The van der Waals surface area contributed by atoms with Crippen molar-refractivity contribution in [1.82, 2.24) is 5.32 Å². The third-order valence-electron chi connectivity index (χ3n) is 5.34. The Balaban J connectivity index is 1.82. The van der Waals surface area contributed by atoms with Crippen molar-refractivity contribution in [3.05, 3.63) is 64.7 Å². The van der Waals surface area contributed by atoms with Gasteiger partial charge in [0.15, 0.2) is 0 Å². The SMILES string of the molecule is COc1ccc2c(c1)C1NCCCC1C2c1ccc(C)cc1. The first-order valence-corrected chi connectivity index (χ1v) is 8.25. The molecule has 4 rings (SSSR count). The zero-order chi connectivity index (χ0) is 15.1. The quantitative estimate of drug-likeness (QED) is 0.896. The van der Waals surface area contributed by atoms with E-state index in [1.54, 1.807) is 7.11 Å². The summed E-state index contributed by atoms with van der Waals surface area (Å²) in [6.07, 6.45) is 2.57. The molecule has 1 saturated heterocycles. The van der Waals surface area contributed by atoms with Crippen molar-refractivity contribution >= 4 is 0 Å². The van der Waals surface area contributed by atoms with Crippen molar-refractivity contribution < 1.29 is 4.74 Å². The minimum Gasteiger partial charge on any atom is -0.497 e. The molecule has 3 unspecified atom stereocenters. The fourth-order valence-electron chi connectivity index (χ4n) is 4.28. The fraction of sp³-hybridized carbons (Fsp3) is 0.400. The first-order chi connectivity index (χ1) is 10.8. The maximum Gasteiger partial charge on any atom is 0.119 e. The van der Waals surface area contributed by atoms with E-state index >= 15 is 0 Å². The molecular formula is C20H23NO. The molecule has 2 aliphatic rings. The largest absolute Gasteiger partial charge is 0.497 e. The Morgan fingerprint density at radius 1 is 1.05 bits per heavy atom. The Bertz CT molecular complexity index is 677. The number of hydrogen-bond acceptors (Lipinski definition) is 2. The van der Waals surface area contributed by atoms with Gasteiger partial charge in [0.05, 0.1) is 7.11 Å². The third-order valence-corrected chi connectivity index (χ3v) is 5.34. The second-order valence-corrected chi connectivity index (χ2v) is 6.62. The van der Waals surface area contributed by atoms with Gasteiger partial charge in [-0.3, -0.25) is 0 Å². The highest BCUT2D eigenvalue weighted by atomic mass is 16.5. The van der Waals surface area contributed by atoms with Crippen molar-refractivity contribution in [2.75, 3.05) is 13.7 Å². The molecule has 2 aromatic rings. The van der Waals surface area contributed by atoms with Crippen LogP contribution in [0.1, 0.15) is 47.1 Å². The minimum absolute atomic E-state index is 0.477. The highest BCUT2D eigenvalue weighted by molar-refractivity contribution is 5.49. The molecule has 0 radical (unpaired) electrons. The van der Waals surface area contributed by atoms with E-state index in [9.17, 15) is 0 Å². The summed E-state index contributed by atoms with van der Waals surface area (Å²) in [5, 5.41) is 3.74. The van der Waals surface area contributed by atoms with Gasteiger partial charge in [-0.2, -0.15) is 0 Å². The lowest BCUT2D eigenvalue weighted by Crippen LogP contribution is -2.32. The predicted octanol–water partition coefficient (Wildman–Crippen LogP) is 4.19. The number of benzene rings is 2. The van der Waals surface area contributed by atoms with E-state index in [-0.39, 0.29) is 0 Å². The van der Waals surface area contributed by atoms with E-state index in [0.717, 1.165) is 12.3 Å². The lowest BCUT2D eigenvalue weighted by atomic mass is 9.80. The van der Waals surface area contributed by atoms with Gasteiger partial charge in [-0.15, -0.1) is 0 Å². The lowest BCUT2D eigenvalue weighted by Gasteiger charge is -2.31. The molecule has 22 heavy (non-hydrogen) atoms. The van der Waals surface area contributed by atoms with Gasteiger partial charge in [-0.05, 0) is 61.1 Å².